The molecule has 0 atom stereocenters. The minimum Gasteiger partial charge on any atom is -0.362 e. The Kier molecular flexibility index (Phi) is 5.04. The third-order valence-corrected chi connectivity index (χ3v) is 5.80. The molecule has 156 valence electrons. The van der Waals surface area contributed by atoms with Crippen LogP contribution in [0.1, 0.15) is 11.3 Å². The number of carbonyl (C=O) groups excluding carboxylic acids is 1. The number of hydrogen-bond donors (Lipinski definition) is 2. The number of rotatable bonds is 5. The van der Waals surface area contributed by atoms with Crippen LogP contribution in [0.4, 0.5) is 15.9 Å². The number of nitrogens with two attached hydrogens (primary N) is 1. The largest absolute Gasteiger partial charge is 0.362 e. The van der Waals surface area contributed by atoms with Gasteiger partial charge in [0, 0.05) is 18.3 Å². The number of fused-ring (bicyclic) bond motifs is 1. The molecule has 1 aliphatic rings. The van der Waals surface area contributed by atoms with Crippen LogP contribution in [-0.4, -0.2) is 37.2 Å². The van der Waals surface area contributed by atoms with Crippen molar-refractivity contribution >= 4 is 27.4 Å². The molecule has 3 N–H and O–H groups in total. The van der Waals surface area contributed by atoms with Gasteiger partial charge in [-0.25, -0.2) is 22.6 Å². The average Bonchev–Trinajstić information content (AvgIpc) is 3.24. The zero-order valence-corrected chi connectivity index (χ0v) is 17.0. The summed E-state index contributed by atoms with van der Waals surface area (Å²) >= 11 is 0. The lowest BCUT2D eigenvalue weighted by Crippen LogP contribution is -2.32. The molecular weight excluding hydrogens is 409 g/mol. The molecule has 1 aliphatic heterocycles. The molecule has 1 amide bonds. The number of sulfonamides is 1. The normalized spacial score (nSPS) is 13.4. The van der Waals surface area contributed by atoms with Gasteiger partial charge in [0.1, 0.15) is 17.3 Å². The summed E-state index contributed by atoms with van der Waals surface area (Å²) < 4.78 is 38.6. The van der Waals surface area contributed by atoms with Gasteiger partial charge in [0.15, 0.2) is 0 Å². The molecule has 4 rings (SSSR count). The van der Waals surface area contributed by atoms with E-state index in [0.29, 0.717) is 24.5 Å². The predicted octanol–water partition coefficient (Wildman–Crippen LogP) is 1.97. The number of aromatic nitrogens is 2. The molecule has 2 heterocycles. The maximum atomic E-state index is 14.2. The van der Waals surface area contributed by atoms with Gasteiger partial charge in [-0.2, -0.15) is 5.10 Å². The Hall–Kier alpha value is -3.24. The number of aryl methyl sites for hydroxylation is 1. The topological polar surface area (TPSA) is 110 Å². The standard InChI is InChI=1S/C20H20FN5O3S/c1-13-10-19(26(24-13)18-5-3-2-4-16(18)21)23-20(27)12-25-9-8-14-11-15(30(22,28)29)6-7-17(14)25/h2-7,10-11H,8-9,12H2,1H3,(H,23,27)(H2,22,28,29). The molecule has 10 heteroatoms. The van der Waals surface area contributed by atoms with E-state index in [1.54, 1.807) is 43.3 Å². The fourth-order valence-electron chi connectivity index (χ4n) is 3.54. The Balaban J connectivity index is 1.52. The summed E-state index contributed by atoms with van der Waals surface area (Å²) in [5, 5.41) is 12.2. The third-order valence-electron chi connectivity index (χ3n) is 4.89. The third kappa shape index (κ3) is 3.91. The summed E-state index contributed by atoms with van der Waals surface area (Å²) in [6.45, 7) is 2.39. The number of nitrogens with zero attached hydrogens (tertiary/aromatic N) is 3. The van der Waals surface area contributed by atoms with Crippen LogP contribution in [0.15, 0.2) is 53.4 Å². The van der Waals surface area contributed by atoms with Gasteiger partial charge in [0.2, 0.25) is 15.9 Å². The van der Waals surface area contributed by atoms with Crippen molar-refractivity contribution in [2.45, 2.75) is 18.2 Å². The van der Waals surface area contributed by atoms with Crippen molar-refractivity contribution in [3.63, 3.8) is 0 Å². The van der Waals surface area contributed by atoms with Crippen LogP contribution in [0.25, 0.3) is 5.69 Å². The molecule has 30 heavy (non-hydrogen) atoms. The zero-order valence-electron chi connectivity index (χ0n) is 16.2. The van der Waals surface area contributed by atoms with E-state index >= 15 is 0 Å². The molecule has 0 spiro atoms. The molecule has 0 unspecified atom stereocenters. The van der Waals surface area contributed by atoms with Crippen LogP contribution in [0.2, 0.25) is 0 Å². The van der Waals surface area contributed by atoms with Gasteiger partial charge in [-0.3, -0.25) is 4.79 Å². The molecule has 0 aliphatic carbocycles. The summed E-state index contributed by atoms with van der Waals surface area (Å²) in [7, 11) is -3.78. The van der Waals surface area contributed by atoms with Crippen LogP contribution < -0.4 is 15.4 Å². The highest BCUT2D eigenvalue weighted by Crippen LogP contribution is 2.30. The number of para-hydroxylation sites is 1. The summed E-state index contributed by atoms with van der Waals surface area (Å²) in [4.78, 5) is 14.6. The van der Waals surface area contributed by atoms with Crippen molar-refractivity contribution in [3.05, 3.63) is 65.6 Å². The number of nitrogens with one attached hydrogen (secondary N) is 1. The molecule has 8 nitrogen and oxygen atoms in total. The first-order valence-corrected chi connectivity index (χ1v) is 10.8. The van der Waals surface area contributed by atoms with Gasteiger partial charge in [-0.15, -0.1) is 0 Å². The second kappa shape index (κ2) is 7.54. The van der Waals surface area contributed by atoms with E-state index in [1.165, 1.54) is 16.8 Å². The van der Waals surface area contributed by atoms with Crippen molar-refractivity contribution in [2.75, 3.05) is 23.3 Å². The van der Waals surface area contributed by atoms with Crippen molar-refractivity contribution in [2.24, 2.45) is 5.14 Å². The van der Waals surface area contributed by atoms with Gasteiger partial charge >= 0.3 is 0 Å². The van der Waals surface area contributed by atoms with Gasteiger partial charge in [0.25, 0.3) is 0 Å². The van der Waals surface area contributed by atoms with E-state index in [0.717, 1.165) is 11.3 Å². The molecule has 0 bridgehead atoms. The monoisotopic (exact) mass is 429 g/mol. The van der Waals surface area contributed by atoms with Gasteiger partial charge in [-0.1, -0.05) is 12.1 Å². The smallest absolute Gasteiger partial charge is 0.245 e. The molecule has 3 aromatic rings. The van der Waals surface area contributed by atoms with Crippen LogP contribution in [0, 0.1) is 12.7 Å². The predicted molar refractivity (Wildman–Crippen MR) is 111 cm³/mol. The van der Waals surface area contributed by atoms with E-state index in [1.807, 2.05) is 4.90 Å². The highest BCUT2D eigenvalue weighted by molar-refractivity contribution is 7.89. The Morgan fingerprint density at radius 2 is 1.97 bits per heavy atom. The molecule has 0 fully saturated rings. The molecule has 0 saturated carbocycles. The number of halogens is 1. The lowest BCUT2D eigenvalue weighted by molar-refractivity contribution is -0.115. The summed E-state index contributed by atoms with van der Waals surface area (Å²) in [5.74, 6) is -0.377. The fraction of sp³-hybridized carbons (Fsp3) is 0.200. The van der Waals surface area contributed by atoms with E-state index < -0.39 is 15.8 Å². The first kappa shape index (κ1) is 20.0. The number of hydrogen-bond acceptors (Lipinski definition) is 5. The van der Waals surface area contributed by atoms with Gasteiger partial charge in [-0.05, 0) is 49.2 Å². The highest BCUT2D eigenvalue weighted by Gasteiger charge is 2.24. The highest BCUT2D eigenvalue weighted by atomic mass is 32.2. The second-order valence-electron chi connectivity index (χ2n) is 7.09. The molecule has 0 saturated heterocycles. The van der Waals surface area contributed by atoms with E-state index in [9.17, 15) is 17.6 Å². The molecule has 0 radical (unpaired) electrons. The average molecular weight is 429 g/mol. The first-order chi connectivity index (χ1) is 14.2. The number of benzene rings is 2. The van der Waals surface area contributed by atoms with Crippen LogP contribution in [-0.2, 0) is 21.2 Å². The molecular formula is C20H20FN5O3S. The molecule has 2 aromatic carbocycles. The zero-order chi connectivity index (χ0) is 21.5. The van der Waals surface area contributed by atoms with Crippen LogP contribution >= 0.6 is 0 Å². The second-order valence-corrected chi connectivity index (χ2v) is 8.65. The number of anilines is 2. The van der Waals surface area contributed by atoms with Gasteiger partial charge in [0.05, 0.1) is 17.1 Å². The maximum Gasteiger partial charge on any atom is 0.245 e. The van der Waals surface area contributed by atoms with Gasteiger partial charge < -0.3 is 10.2 Å². The summed E-state index contributed by atoms with van der Waals surface area (Å²) in [6.07, 6.45) is 0.609. The summed E-state index contributed by atoms with van der Waals surface area (Å²) in [5.41, 5.74) is 2.48. The van der Waals surface area contributed by atoms with Crippen molar-refractivity contribution in [3.8, 4) is 5.69 Å². The number of amides is 1. The van der Waals surface area contributed by atoms with Crippen molar-refractivity contribution in [1.82, 2.24) is 9.78 Å². The minimum atomic E-state index is -3.78. The minimum absolute atomic E-state index is 0.0526. The quantitative estimate of drug-likeness (QED) is 0.644. The lowest BCUT2D eigenvalue weighted by Gasteiger charge is -2.19. The Bertz CT molecular complexity index is 1240. The van der Waals surface area contributed by atoms with Crippen molar-refractivity contribution in [1.29, 1.82) is 0 Å². The SMILES string of the molecule is Cc1cc(NC(=O)CN2CCc3cc(S(N)(=O)=O)ccc32)n(-c2ccccc2F)n1. The number of carbonyl (C=O) groups is 1. The van der Waals surface area contributed by atoms with Crippen LogP contribution in [0.5, 0.6) is 0 Å². The van der Waals surface area contributed by atoms with Crippen LogP contribution in [0.3, 0.4) is 0 Å². The molecule has 1 aromatic heterocycles. The fourth-order valence-corrected chi connectivity index (χ4v) is 4.10. The summed E-state index contributed by atoms with van der Waals surface area (Å²) in [6, 6.07) is 12.5. The Morgan fingerprint density at radius 3 is 2.70 bits per heavy atom. The Morgan fingerprint density at radius 1 is 1.20 bits per heavy atom. The van der Waals surface area contributed by atoms with E-state index in [2.05, 4.69) is 10.4 Å². The lowest BCUT2D eigenvalue weighted by atomic mass is 10.2. The Labute approximate surface area is 173 Å². The maximum absolute atomic E-state index is 14.2. The first-order valence-electron chi connectivity index (χ1n) is 9.24. The van der Waals surface area contributed by atoms with E-state index in [-0.39, 0.29) is 23.0 Å². The number of primary sulfonamides is 1. The van der Waals surface area contributed by atoms with E-state index in [4.69, 9.17) is 5.14 Å². The van der Waals surface area contributed by atoms with Crippen molar-refractivity contribution < 1.29 is 17.6 Å².